The normalized spacial score (nSPS) is 11.3. The van der Waals surface area contributed by atoms with E-state index in [2.05, 4.69) is 77.5 Å². The Morgan fingerprint density at radius 1 is 0.274 bits per heavy atom. The molecular weight excluding hydrogens is 903 g/mol. The van der Waals surface area contributed by atoms with Gasteiger partial charge in [0.2, 0.25) is 17.7 Å². The number of unbranched alkanes of at least 4 members (excludes halogenated alkanes) is 33. The van der Waals surface area contributed by atoms with Gasteiger partial charge in [0.15, 0.2) is 0 Å². The maximum absolute atomic E-state index is 12.4. The lowest BCUT2D eigenvalue weighted by molar-refractivity contribution is -0.122. The largest absolute Gasteiger partial charge is 0.356 e. The zero-order valence-corrected chi connectivity index (χ0v) is 49.8. The fraction of sp³-hybridized carbons (Fsp3) is 0.952. The summed E-state index contributed by atoms with van der Waals surface area (Å²) in [5, 5.41) is 12.5. The maximum atomic E-state index is 12.4. The predicted octanol–water partition coefficient (Wildman–Crippen LogP) is 15.4. The summed E-state index contributed by atoms with van der Waals surface area (Å²) in [7, 11) is 1.97. The molecule has 4 N–H and O–H groups in total. The fourth-order valence-electron chi connectivity index (χ4n) is 9.46. The van der Waals surface area contributed by atoms with Crippen LogP contribution in [0.15, 0.2) is 0 Å². The second-order valence-electron chi connectivity index (χ2n) is 21.4. The van der Waals surface area contributed by atoms with Crippen LogP contribution in [-0.4, -0.2) is 125 Å². The molecule has 0 unspecified atom stereocenters. The van der Waals surface area contributed by atoms with Gasteiger partial charge in [-0.1, -0.05) is 261 Å². The van der Waals surface area contributed by atoms with Gasteiger partial charge in [0.1, 0.15) is 0 Å². The first-order chi connectivity index (χ1) is 35.3. The molecule has 438 valence electrons. The first kappa shape index (κ1) is 75.5. The van der Waals surface area contributed by atoms with Crippen LogP contribution in [0.1, 0.15) is 299 Å². The third-order valence-corrected chi connectivity index (χ3v) is 14.8. The molecule has 0 aliphatic rings. The lowest BCUT2D eigenvalue weighted by atomic mass is 10.1. The second kappa shape index (κ2) is 64.5. The summed E-state index contributed by atoms with van der Waals surface area (Å²) in [4.78, 5) is 43.7. The monoisotopic (exact) mass is 1040 g/mol. The van der Waals surface area contributed by atoms with Gasteiger partial charge in [0.05, 0.1) is 0 Å². The predicted molar refractivity (Wildman–Crippen MR) is 323 cm³/mol. The van der Waals surface area contributed by atoms with Crippen LogP contribution in [0.25, 0.3) is 0 Å². The van der Waals surface area contributed by atoms with E-state index in [0.717, 1.165) is 104 Å². The summed E-state index contributed by atoms with van der Waals surface area (Å²) in [6, 6.07) is 0. The van der Waals surface area contributed by atoms with Crippen molar-refractivity contribution in [2.45, 2.75) is 299 Å². The Hall–Kier alpha value is -1.75. The number of nitrogens with zero attached hydrogens (tertiary/aromatic N) is 3. The summed E-state index contributed by atoms with van der Waals surface area (Å²) in [6.45, 7) is 25.0. The number of carbonyl (C=O) groups is 3. The van der Waals surface area contributed by atoms with Gasteiger partial charge in [-0.05, 0) is 45.9 Å². The quantitative estimate of drug-likeness (QED) is 0.0449. The molecule has 0 aliphatic carbocycles. The molecule has 0 fully saturated rings. The van der Waals surface area contributed by atoms with Crippen LogP contribution in [0.5, 0.6) is 0 Å². The molecule has 0 atom stereocenters. The van der Waals surface area contributed by atoms with E-state index < -0.39 is 0 Å². The van der Waals surface area contributed by atoms with Gasteiger partial charge >= 0.3 is 0 Å². The van der Waals surface area contributed by atoms with Gasteiger partial charge in [-0.3, -0.25) is 14.4 Å². The Kier molecular flexibility index (Phi) is 66.7. The molecule has 0 saturated heterocycles. The summed E-state index contributed by atoms with van der Waals surface area (Å²) in [5.41, 5.74) is 0. The average molecular weight is 1040 g/mol. The van der Waals surface area contributed by atoms with Crippen LogP contribution in [-0.2, 0) is 14.4 Å². The van der Waals surface area contributed by atoms with Crippen LogP contribution in [0.4, 0.5) is 0 Å². The van der Waals surface area contributed by atoms with Gasteiger partial charge in [-0.15, -0.1) is 0 Å². The Labute approximate surface area is 457 Å². The standard InChI is InChI=1S/C40H82N4O2.C22H47N3O.CH4/c1-5-9-11-13-15-17-19-21-23-25-27-29-33-41-39(45)31-35-43(7-3)37-38-44(8-4)36-32-40(46)42-34-30-28-26-24-22-20-18-16-14-12-10-6-2;1-4-6-7-8-9-10-11-12-13-14-15-16-18-24-22(26)17-20-25(5-2)21-19-23-3;/h5-38H2,1-4H3,(H,41,45)(H,42,46);23H,4-21H2,1-3H3,(H,24,26);1H4. The number of rotatable bonds is 57. The number of hydrogen-bond donors (Lipinski definition) is 4. The van der Waals surface area contributed by atoms with Gasteiger partial charge < -0.3 is 36.0 Å². The number of likely N-dealkylation sites (N-methyl/N-ethyl adjacent to an activating group) is 4. The second-order valence-corrected chi connectivity index (χ2v) is 21.4. The molecule has 0 aromatic carbocycles. The van der Waals surface area contributed by atoms with E-state index in [1.165, 1.54) is 212 Å². The summed E-state index contributed by atoms with van der Waals surface area (Å²) < 4.78 is 0. The van der Waals surface area contributed by atoms with Crippen LogP contribution < -0.4 is 21.3 Å². The third kappa shape index (κ3) is 61.0. The first-order valence-electron chi connectivity index (χ1n) is 31.9. The Balaban J connectivity index is -0.00000154. The highest BCUT2D eigenvalue weighted by molar-refractivity contribution is 5.76. The summed E-state index contributed by atoms with van der Waals surface area (Å²) in [5.74, 6) is 0.563. The summed E-state index contributed by atoms with van der Waals surface area (Å²) >= 11 is 0. The van der Waals surface area contributed by atoms with Crippen molar-refractivity contribution in [1.29, 1.82) is 0 Å². The van der Waals surface area contributed by atoms with Crippen LogP contribution in [0.2, 0.25) is 0 Å². The maximum Gasteiger partial charge on any atom is 0.221 e. The first-order valence-corrected chi connectivity index (χ1v) is 31.9. The fourth-order valence-corrected chi connectivity index (χ4v) is 9.46. The molecule has 73 heavy (non-hydrogen) atoms. The van der Waals surface area contributed by atoms with Crippen molar-refractivity contribution in [3.63, 3.8) is 0 Å². The highest BCUT2D eigenvalue weighted by Crippen LogP contribution is 2.14. The Morgan fingerprint density at radius 3 is 0.685 bits per heavy atom. The highest BCUT2D eigenvalue weighted by Gasteiger charge is 2.11. The average Bonchev–Trinajstić information content (AvgIpc) is 3.39. The number of amides is 3. The SMILES string of the molecule is C.CCCCCCCCCCCCCCNC(=O)CCN(CC)CCN(CC)CCC(=O)NCCCCCCCCCCCCCC.CCCCCCCCCCCCCCNC(=O)CCN(CC)CCNC. The lowest BCUT2D eigenvalue weighted by Gasteiger charge is -2.26. The van der Waals surface area contributed by atoms with E-state index >= 15 is 0 Å². The van der Waals surface area contributed by atoms with E-state index in [1.54, 1.807) is 0 Å². The van der Waals surface area contributed by atoms with Gasteiger partial charge in [-0.25, -0.2) is 0 Å². The molecule has 0 rings (SSSR count). The van der Waals surface area contributed by atoms with E-state index in [4.69, 9.17) is 0 Å². The van der Waals surface area contributed by atoms with Gasteiger partial charge in [0, 0.05) is 84.7 Å². The molecule has 0 saturated carbocycles. The van der Waals surface area contributed by atoms with E-state index in [9.17, 15) is 14.4 Å². The molecule has 0 radical (unpaired) electrons. The van der Waals surface area contributed by atoms with Crippen molar-refractivity contribution in [3.05, 3.63) is 0 Å². The van der Waals surface area contributed by atoms with E-state index in [1.807, 2.05) is 7.05 Å². The van der Waals surface area contributed by atoms with Crippen LogP contribution >= 0.6 is 0 Å². The molecule has 0 heterocycles. The molecular formula is C63H133N7O3. The van der Waals surface area contributed by atoms with Crippen molar-refractivity contribution in [3.8, 4) is 0 Å². The van der Waals surface area contributed by atoms with Crippen molar-refractivity contribution in [1.82, 2.24) is 36.0 Å². The van der Waals surface area contributed by atoms with Crippen molar-refractivity contribution < 1.29 is 14.4 Å². The molecule has 10 nitrogen and oxygen atoms in total. The number of hydrogen-bond acceptors (Lipinski definition) is 7. The Bertz CT molecular complexity index is 1040. The minimum Gasteiger partial charge on any atom is -0.356 e. The van der Waals surface area contributed by atoms with Gasteiger partial charge in [-0.2, -0.15) is 0 Å². The zero-order valence-electron chi connectivity index (χ0n) is 49.8. The van der Waals surface area contributed by atoms with E-state index in [0.29, 0.717) is 19.3 Å². The zero-order chi connectivity index (χ0) is 53.1. The summed E-state index contributed by atoms with van der Waals surface area (Å²) in [6.07, 6.45) is 50.2. The third-order valence-electron chi connectivity index (χ3n) is 14.8. The van der Waals surface area contributed by atoms with E-state index in [-0.39, 0.29) is 25.1 Å². The minimum atomic E-state index is 0. The molecule has 0 spiro atoms. The van der Waals surface area contributed by atoms with Crippen molar-refractivity contribution in [2.24, 2.45) is 0 Å². The molecule has 0 aromatic rings. The van der Waals surface area contributed by atoms with Crippen molar-refractivity contribution >= 4 is 17.7 Å². The Morgan fingerprint density at radius 2 is 0.479 bits per heavy atom. The highest BCUT2D eigenvalue weighted by atomic mass is 16.2. The van der Waals surface area contributed by atoms with Gasteiger partial charge in [0.25, 0.3) is 0 Å². The molecule has 0 bridgehead atoms. The van der Waals surface area contributed by atoms with Crippen LogP contribution in [0.3, 0.4) is 0 Å². The lowest BCUT2D eigenvalue weighted by Crippen LogP contribution is -2.38. The molecule has 10 heteroatoms. The van der Waals surface area contributed by atoms with Crippen LogP contribution in [0, 0.1) is 0 Å². The minimum absolute atomic E-state index is 0. The smallest absolute Gasteiger partial charge is 0.221 e. The molecule has 0 aliphatic heterocycles. The molecule has 0 aromatic heterocycles. The topological polar surface area (TPSA) is 109 Å². The van der Waals surface area contributed by atoms with Crippen molar-refractivity contribution in [2.75, 3.05) is 92.1 Å². The molecule has 3 amide bonds. The number of carbonyl (C=O) groups excluding carboxylic acids is 3. The number of nitrogens with one attached hydrogen (secondary N) is 4.